The lowest BCUT2D eigenvalue weighted by atomic mass is 10.1. The summed E-state index contributed by atoms with van der Waals surface area (Å²) in [6.07, 6.45) is 1.53. The molecule has 0 unspecified atom stereocenters. The number of nitrogens with zero attached hydrogens (tertiary/aromatic N) is 1. The minimum atomic E-state index is -0.676. The second-order valence-electron chi connectivity index (χ2n) is 9.95. The van der Waals surface area contributed by atoms with Crippen LogP contribution in [-0.4, -0.2) is 35.7 Å². The van der Waals surface area contributed by atoms with E-state index in [4.69, 9.17) is 32.7 Å². The van der Waals surface area contributed by atoms with Crippen LogP contribution in [0.1, 0.15) is 22.3 Å². The SMILES string of the molecule is O=C(Nc1cccc(S[C@@H]2CC(=O)N(c3ccc(Cl)c(Cl)c3)C2=O)c1)/C(=C/c1ccc2c(c1)OCO2)NC(=O)c1ccccc1. The van der Waals surface area contributed by atoms with Crippen LogP contribution in [0.15, 0.2) is 102 Å². The molecule has 0 aromatic heterocycles. The third-order valence-electron chi connectivity index (χ3n) is 6.87. The van der Waals surface area contributed by atoms with Crippen molar-refractivity contribution in [3.8, 4) is 11.5 Å². The van der Waals surface area contributed by atoms with Gasteiger partial charge in [-0.15, -0.1) is 11.8 Å². The number of ether oxygens (including phenoxy) is 2. The predicted molar refractivity (Wildman–Crippen MR) is 173 cm³/mol. The Morgan fingerprint density at radius 1 is 0.867 bits per heavy atom. The lowest BCUT2D eigenvalue weighted by molar-refractivity contribution is -0.121. The average molecular weight is 661 g/mol. The molecule has 226 valence electrons. The Hall–Kier alpha value is -4.77. The lowest BCUT2D eigenvalue weighted by Crippen LogP contribution is -2.31. The maximum Gasteiger partial charge on any atom is 0.272 e. The fraction of sp³-hybridized carbons (Fsp3) is 0.0909. The van der Waals surface area contributed by atoms with Gasteiger partial charge in [0.2, 0.25) is 18.6 Å². The number of carbonyl (C=O) groups is 4. The Balaban J connectivity index is 1.20. The summed E-state index contributed by atoms with van der Waals surface area (Å²) in [5.74, 6) is -0.651. The van der Waals surface area contributed by atoms with Crippen LogP contribution in [0.5, 0.6) is 11.5 Å². The number of hydrogen-bond acceptors (Lipinski definition) is 7. The summed E-state index contributed by atoms with van der Waals surface area (Å²) < 4.78 is 10.8. The molecule has 0 radical (unpaired) electrons. The molecule has 4 amide bonds. The monoisotopic (exact) mass is 659 g/mol. The lowest BCUT2D eigenvalue weighted by Gasteiger charge is -2.16. The summed E-state index contributed by atoms with van der Waals surface area (Å²) >= 11 is 13.3. The third-order valence-corrected chi connectivity index (χ3v) is 8.79. The Morgan fingerprint density at radius 2 is 1.67 bits per heavy atom. The molecule has 4 aromatic rings. The fourth-order valence-electron chi connectivity index (χ4n) is 4.71. The van der Waals surface area contributed by atoms with Gasteiger partial charge in [0, 0.05) is 22.6 Å². The predicted octanol–water partition coefficient (Wildman–Crippen LogP) is 6.56. The molecular weight excluding hydrogens is 637 g/mol. The van der Waals surface area contributed by atoms with E-state index in [9.17, 15) is 19.2 Å². The minimum Gasteiger partial charge on any atom is -0.454 e. The Kier molecular flexibility index (Phi) is 8.79. The van der Waals surface area contributed by atoms with E-state index >= 15 is 0 Å². The maximum atomic E-state index is 13.5. The molecule has 2 heterocycles. The average Bonchev–Trinajstić information content (AvgIpc) is 3.61. The van der Waals surface area contributed by atoms with Crippen molar-refractivity contribution >= 4 is 76.0 Å². The van der Waals surface area contributed by atoms with E-state index in [1.807, 2.05) is 0 Å². The Bertz CT molecular complexity index is 1870. The summed E-state index contributed by atoms with van der Waals surface area (Å²) in [6, 6.07) is 25.2. The molecule has 6 rings (SSSR count). The van der Waals surface area contributed by atoms with Gasteiger partial charge in [0.1, 0.15) is 5.70 Å². The quantitative estimate of drug-likeness (QED) is 0.163. The van der Waals surface area contributed by atoms with E-state index < -0.39 is 17.1 Å². The zero-order valence-corrected chi connectivity index (χ0v) is 25.6. The van der Waals surface area contributed by atoms with Gasteiger partial charge < -0.3 is 20.1 Å². The van der Waals surface area contributed by atoms with Crippen LogP contribution in [0.4, 0.5) is 11.4 Å². The van der Waals surface area contributed by atoms with E-state index in [0.717, 1.165) is 4.90 Å². The van der Waals surface area contributed by atoms with Crippen molar-refractivity contribution in [2.24, 2.45) is 0 Å². The second-order valence-corrected chi connectivity index (χ2v) is 12.0. The number of amides is 4. The first kappa shape index (κ1) is 30.3. The normalized spacial score (nSPS) is 15.7. The van der Waals surface area contributed by atoms with E-state index in [1.54, 1.807) is 78.9 Å². The molecule has 2 aliphatic heterocycles. The van der Waals surface area contributed by atoms with Gasteiger partial charge in [-0.25, -0.2) is 4.90 Å². The molecule has 2 aliphatic rings. The molecule has 0 bridgehead atoms. The number of rotatable bonds is 8. The molecule has 0 spiro atoms. The number of fused-ring (bicyclic) bond motifs is 1. The van der Waals surface area contributed by atoms with E-state index in [2.05, 4.69) is 10.6 Å². The number of thioether (sulfide) groups is 1. The van der Waals surface area contributed by atoms with E-state index in [0.29, 0.717) is 43.9 Å². The summed E-state index contributed by atoms with van der Waals surface area (Å²) in [4.78, 5) is 54.3. The highest BCUT2D eigenvalue weighted by Gasteiger charge is 2.40. The Labute approximate surface area is 272 Å². The topological polar surface area (TPSA) is 114 Å². The van der Waals surface area contributed by atoms with Gasteiger partial charge in [0.05, 0.1) is 21.0 Å². The molecule has 4 aromatic carbocycles. The third kappa shape index (κ3) is 6.83. The van der Waals surface area contributed by atoms with Crippen LogP contribution in [0.25, 0.3) is 6.08 Å². The molecule has 12 heteroatoms. The number of anilines is 2. The second kappa shape index (κ2) is 13.1. The standard InChI is InChI=1S/C33H23Cl2N3O6S/c34-24-11-10-22(16-25(24)35)38-30(39)17-29(33(38)42)45-23-8-4-7-21(15-23)36-32(41)26(37-31(40)20-5-2-1-3-6-20)13-19-9-12-27-28(14-19)44-18-43-27/h1-16,29H,17-18H2,(H,36,41)(H,37,40)/b26-13-/t29-/m1/s1. The summed E-state index contributed by atoms with van der Waals surface area (Å²) in [5.41, 5.74) is 1.76. The van der Waals surface area contributed by atoms with Crippen molar-refractivity contribution in [3.05, 3.63) is 118 Å². The molecule has 2 N–H and O–H groups in total. The van der Waals surface area contributed by atoms with Gasteiger partial charge in [-0.1, -0.05) is 53.5 Å². The Morgan fingerprint density at radius 3 is 2.47 bits per heavy atom. The van der Waals surface area contributed by atoms with E-state index in [1.165, 1.54) is 30.0 Å². The van der Waals surface area contributed by atoms with Gasteiger partial charge in [0.15, 0.2) is 11.5 Å². The number of carbonyl (C=O) groups excluding carboxylic acids is 4. The smallest absolute Gasteiger partial charge is 0.272 e. The number of benzene rings is 4. The van der Waals surface area contributed by atoms with Crippen LogP contribution in [0, 0.1) is 0 Å². The van der Waals surface area contributed by atoms with Gasteiger partial charge in [-0.3, -0.25) is 19.2 Å². The number of imide groups is 1. The first-order valence-corrected chi connectivity index (χ1v) is 15.3. The number of halogens is 2. The molecule has 1 saturated heterocycles. The van der Waals surface area contributed by atoms with Gasteiger partial charge in [-0.05, 0) is 72.3 Å². The molecule has 0 aliphatic carbocycles. The minimum absolute atomic E-state index is 0.00499. The molecular formula is C33H23Cl2N3O6S. The largest absolute Gasteiger partial charge is 0.454 e. The number of nitrogens with one attached hydrogen (secondary N) is 2. The van der Waals surface area contributed by atoms with Gasteiger partial charge in [-0.2, -0.15) is 0 Å². The fourth-order valence-corrected chi connectivity index (χ4v) is 6.12. The van der Waals surface area contributed by atoms with E-state index in [-0.39, 0.29) is 35.7 Å². The molecule has 1 fully saturated rings. The van der Waals surface area contributed by atoms with Crippen molar-refractivity contribution in [1.29, 1.82) is 0 Å². The van der Waals surface area contributed by atoms with Crippen molar-refractivity contribution in [2.45, 2.75) is 16.6 Å². The van der Waals surface area contributed by atoms with Crippen LogP contribution >= 0.6 is 35.0 Å². The van der Waals surface area contributed by atoms with Gasteiger partial charge in [0.25, 0.3) is 11.8 Å². The highest BCUT2D eigenvalue weighted by molar-refractivity contribution is 8.00. The zero-order valence-electron chi connectivity index (χ0n) is 23.3. The first-order chi connectivity index (χ1) is 21.7. The van der Waals surface area contributed by atoms with Crippen LogP contribution in [-0.2, 0) is 14.4 Å². The molecule has 45 heavy (non-hydrogen) atoms. The van der Waals surface area contributed by atoms with Crippen molar-refractivity contribution < 1.29 is 28.7 Å². The highest BCUT2D eigenvalue weighted by atomic mass is 35.5. The zero-order chi connectivity index (χ0) is 31.5. The first-order valence-electron chi connectivity index (χ1n) is 13.6. The summed E-state index contributed by atoms with van der Waals surface area (Å²) in [5, 5.41) is 5.41. The molecule has 0 saturated carbocycles. The van der Waals surface area contributed by atoms with Crippen LogP contribution < -0.4 is 25.0 Å². The highest BCUT2D eigenvalue weighted by Crippen LogP contribution is 2.37. The van der Waals surface area contributed by atoms with Gasteiger partial charge >= 0.3 is 0 Å². The van der Waals surface area contributed by atoms with Crippen LogP contribution in [0.3, 0.4) is 0 Å². The molecule has 1 atom stereocenters. The van der Waals surface area contributed by atoms with Crippen molar-refractivity contribution in [1.82, 2.24) is 5.32 Å². The number of hydrogen-bond donors (Lipinski definition) is 2. The van der Waals surface area contributed by atoms with Crippen molar-refractivity contribution in [3.63, 3.8) is 0 Å². The maximum absolute atomic E-state index is 13.5. The summed E-state index contributed by atoms with van der Waals surface area (Å²) in [6.45, 7) is 0.100. The van der Waals surface area contributed by atoms with Crippen molar-refractivity contribution in [2.75, 3.05) is 17.0 Å². The van der Waals surface area contributed by atoms with Crippen LogP contribution in [0.2, 0.25) is 10.0 Å². The summed E-state index contributed by atoms with van der Waals surface area (Å²) in [7, 11) is 0. The molecule has 9 nitrogen and oxygen atoms in total.